The predicted octanol–water partition coefficient (Wildman–Crippen LogP) is 3.75. The summed E-state index contributed by atoms with van der Waals surface area (Å²) in [6.07, 6.45) is 0. The molecule has 3 rings (SSSR count). The Labute approximate surface area is 196 Å². The molecule has 1 aliphatic heterocycles. The van der Waals surface area contributed by atoms with Crippen LogP contribution in [0.15, 0.2) is 35.5 Å². The third-order valence-electron chi connectivity index (χ3n) is 4.76. The maximum Gasteiger partial charge on any atom is 0.255 e. The minimum Gasteiger partial charge on any atom is -0.353 e. The number of halogens is 2. The maximum atomic E-state index is 12.9. The van der Waals surface area contributed by atoms with E-state index in [0.29, 0.717) is 46.3 Å². The van der Waals surface area contributed by atoms with Crippen LogP contribution in [0.2, 0.25) is 10.2 Å². The van der Waals surface area contributed by atoms with E-state index in [1.807, 2.05) is 31.7 Å². The molecule has 1 aromatic heterocycles. The topological polar surface area (TPSA) is 78.4 Å². The van der Waals surface area contributed by atoms with Crippen LogP contribution in [0.1, 0.15) is 31.1 Å². The Balaban J connectivity index is 1.67. The summed E-state index contributed by atoms with van der Waals surface area (Å²) in [5, 5.41) is 4.06. The van der Waals surface area contributed by atoms with Gasteiger partial charge in [-0.15, -0.1) is 0 Å². The highest BCUT2D eigenvalue weighted by Gasteiger charge is 2.30. The molecule has 0 radical (unpaired) electrons. The van der Waals surface area contributed by atoms with Crippen molar-refractivity contribution in [3.8, 4) is 0 Å². The Morgan fingerprint density at radius 3 is 2.65 bits per heavy atom. The highest BCUT2D eigenvalue weighted by molar-refractivity contribution is 7.99. The highest BCUT2D eigenvalue weighted by Crippen LogP contribution is 2.25. The quantitative estimate of drug-likeness (QED) is 0.384. The van der Waals surface area contributed by atoms with E-state index in [1.165, 1.54) is 11.8 Å². The second-order valence-electron chi connectivity index (χ2n) is 7.62. The van der Waals surface area contributed by atoms with Crippen LogP contribution in [-0.4, -0.2) is 64.2 Å². The lowest BCUT2D eigenvalue weighted by Gasteiger charge is -2.40. The van der Waals surface area contributed by atoms with Crippen LogP contribution >= 0.6 is 35.0 Å². The summed E-state index contributed by atoms with van der Waals surface area (Å²) in [5.41, 5.74) is 0.507. The summed E-state index contributed by atoms with van der Waals surface area (Å²) in [6, 6.07) is 8.82. The molecule has 1 atom stereocenters. The zero-order chi connectivity index (χ0) is 22.5. The van der Waals surface area contributed by atoms with E-state index in [2.05, 4.69) is 20.2 Å². The second kappa shape index (κ2) is 10.5. The van der Waals surface area contributed by atoms with E-state index in [-0.39, 0.29) is 29.7 Å². The van der Waals surface area contributed by atoms with E-state index < -0.39 is 0 Å². The number of hydrogen-bond acceptors (Lipinski definition) is 6. The van der Waals surface area contributed by atoms with E-state index in [1.54, 1.807) is 24.3 Å². The van der Waals surface area contributed by atoms with Crippen LogP contribution < -0.4 is 10.2 Å². The van der Waals surface area contributed by atoms with Crippen LogP contribution in [0.5, 0.6) is 0 Å². The molecule has 1 aromatic carbocycles. The van der Waals surface area contributed by atoms with Crippen molar-refractivity contribution in [3.05, 3.63) is 46.1 Å². The molecule has 1 N–H and O–H groups in total. The fourth-order valence-corrected chi connectivity index (χ4v) is 4.47. The Bertz CT molecular complexity index is 959. The van der Waals surface area contributed by atoms with Gasteiger partial charge < -0.3 is 15.1 Å². The first-order valence-corrected chi connectivity index (χ1v) is 11.8. The number of thioether (sulfide) groups is 1. The van der Waals surface area contributed by atoms with Gasteiger partial charge in [-0.1, -0.05) is 47.1 Å². The SMILES string of the molecule is CC(C)NC(=O)CSc1nc(Cl)cc(N2CCN(C(=O)c3ccccc3Cl)C(C)C2)n1. The lowest BCUT2D eigenvalue weighted by molar-refractivity contribution is -0.119. The molecule has 0 aliphatic carbocycles. The molecule has 0 bridgehead atoms. The van der Waals surface area contributed by atoms with Crippen molar-refractivity contribution in [1.29, 1.82) is 0 Å². The summed E-state index contributed by atoms with van der Waals surface area (Å²) < 4.78 is 0. The first-order valence-electron chi connectivity index (χ1n) is 10.0. The van der Waals surface area contributed by atoms with E-state index in [4.69, 9.17) is 23.2 Å². The van der Waals surface area contributed by atoms with Gasteiger partial charge in [0.15, 0.2) is 5.16 Å². The number of nitrogens with zero attached hydrogens (tertiary/aromatic N) is 4. The van der Waals surface area contributed by atoms with Crippen molar-refractivity contribution < 1.29 is 9.59 Å². The summed E-state index contributed by atoms with van der Waals surface area (Å²) >= 11 is 13.7. The van der Waals surface area contributed by atoms with Gasteiger partial charge in [-0.05, 0) is 32.9 Å². The highest BCUT2D eigenvalue weighted by atomic mass is 35.5. The molecule has 1 aliphatic rings. The van der Waals surface area contributed by atoms with Crippen LogP contribution in [0.25, 0.3) is 0 Å². The smallest absolute Gasteiger partial charge is 0.255 e. The second-order valence-corrected chi connectivity index (χ2v) is 9.35. The number of benzene rings is 1. The molecule has 1 saturated heterocycles. The zero-order valence-corrected chi connectivity index (χ0v) is 20.0. The Morgan fingerprint density at radius 1 is 1.23 bits per heavy atom. The Hall–Kier alpha value is -2.03. The van der Waals surface area contributed by atoms with Gasteiger partial charge in [0.1, 0.15) is 11.0 Å². The van der Waals surface area contributed by atoms with Crippen molar-refractivity contribution in [2.75, 3.05) is 30.3 Å². The maximum absolute atomic E-state index is 12.9. The number of carbonyl (C=O) groups excluding carboxylic acids is 2. The van der Waals surface area contributed by atoms with Crippen molar-refractivity contribution in [1.82, 2.24) is 20.2 Å². The lowest BCUT2D eigenvalue weighted by Crippen LogP contribution is -2.54. The monoisotopic (exact) mass is 481 g/mol. The molecule has 1 unspecified atom stereocenters. The number of rotatable bonds is 6. The third-order valence-corrected chi connectivity index (χ3v) is 6.13. The average Bonchev–Trinajstić information content (AvgIpc) is 2.71. The van der Waals surface area contributed by atoms with Crippen molar-refractivity contribution in [2.24, 2.45) is 0 Å². The minimum absolute atomic E-state index is 0.0424. The molecule has 7 nitrogen and oxygen atoms in total. The third kappa shape index (κ3) is 6.24. The van der Waals surface area contributed by atoms with Crippen LogP contribution in [0.3, 0.4) is 0 Å². The average molecular weight is 482 g/mol. The first kappa shape index (κ1) is 23.6. The van der Waals surface area contributed by atoms with Crippen molar-refractivity contribution in [2.45, 2.75) is 38.0 Å². The van der Waals surface area contributed by atoms with E-state index >= 15 is 0 Å². The van der Waals surface area contributed by atoms with Gasteiger partial charge in [0.2, 0.25) is 5.91 Å². The van der Waals surface area contributed by atoms with Gasteiger partial charge in [-0.3, -0.25) is 9.59 Å². The number of piperazine rings is 1. The minimum atomic E-state index is -0.0783. The van der Waals surface area contributed by atoms with Gasteiger partial charge >= 0.3 is 0 Å². The fraction of sp³-hybridized carbons (Fsp3) is 0.429. The van der Waals surface area contributed by atoms with Gasteiger partial charge in [-0.25, -0.2) is 9.97 Å². The van der Waals surface area contributed by atoms with E-state index in [0.717, 1.165) is 0 Å². The van der Waals surface area contributed by atoms with Gasteiger partial charge in [-0.2, -0.15) is 0 Å². The van der Waals surface area contributed by atoms with Gasteiger partial charge in [0.25, 0.3) is 5.91 Å². The summed E-state index contributed by atoms with van der Waals surface area (Å²) in [5.74, 6) is 0.744. The van der Waals surface area contributed by atoms with E-state index in [9.17, 15) is 9.59 Å². The van der Waals surface area contributed by atoms with Crippen molar-refractivity contribution in [3.63, 3.8) is 0 Å². The van der Waals surface area contributed by atoms with Crippen LogP contribution in [0, 0.1) is 0 Å². The molecule has 166 valence electrons. The zero-order valence-electron chi connectivity index (χ0n) is 17.6. The molecular formula is C21H25Cl2N5O2S. The molecule has 10 heteroatoms. The number of anilines is 1. The number of nitrogens with one attached hydrogen (secondary N) is 1. The van der Waals surface area contributed by atoms with Gasteiger partial charge in [0.05, 0.1) is 16.3 Å². The number of carbonyl (C=O) groups is 2. The summed E-state index contributed by atoms with van der Waals surface area (Å²) in [6.45, 7) is 7.55. The fourth-order valence-electron chi connectivity index (χ4n) is 3.36. The number of aromatic nitrogens is 2. The lowest BCUT2D eigenvalue weighted by atomic mass is 10.1. The van der Waals surface area contributed by atoms with Crippen LogP contribution in [-0.2, 0) is 4.79 Å². The molecular weight excluding hydrogens is 457 g/mol. The molecule has 31 heavy (non-hydrogen) atoms. The summed E-state index contributed by atoms with van der Waals surface area (Å²) in [4.78, 5) is 37.5. The molecule has 2 heterocycles. The molecule has 2 amide bonds. The van der Waals surface area contributed by atoms with Crippen molar-refractivity contribution >= 4 is 52.6 Å². The molecule has 1 fully saturated rings. The van der Waals surface area contributed by atoms with Gasteiger partial charge in [0, 0.05) is 37.8 Å². The summed E-state index contributed by atoms with van der Waals surface area (Å²) in [7, 11) is 0. The standard InChI is InChI=1S/C21H25Cl2N5O2S/c1-13(2)24-19(29)12-31-21-25-17(23)10-18(26-21)27-8-9-28(14(3)11-27)20(30)15-6-4-5-7-16(15)22/h4-7,10,13-14H,8-9,11-12H2,1-3H3,(H,24,29). The first-order chi connectivity index (χ1) is 14.7. The molecule has 2 aromatic rings. The Morgan fingerprint density at radius 2 is 1.97 bits per heavy atom. The number of amides is 2. The van der Waals surface area contributed by atoms with Crippen LogP contribution in [0.4, 0.5) is 5.82 Å². The largest absolute Gasteiger partial charge is 0.353 e. The molecule has 0 spiro atoms. The molecule has 0 saturated carbocycles. The normalized spacial score (nSPS) is 16.5. The number of hydrogen-bond donors (Lipinski definition) is 1. The Kier molecular flexibility index (Phi) is 8.02. The predicted molar refractivity (Wildman–Crippen MR) is 125 cm³/mol.